The van der Waals surface area contributed by atoms with E-state index in [1.54, 1.807) is 17.0 Å². The average Bonchev–Trinajstić information content (AvgIpc) is 2.88. The van der Waals surface area contributed by atoms with Crippen LogP contribution >= 0.6 is 11.8 Å². The summed E-state index contributed by atoms with van der Waals surface area (Å²) < 4.78 is 13.2. The Bertz CT molecular complexity index is 1120. The summed E-state index contributed by atoms with van der Waals surface area (Å²) in [5, 5.41) is 3.10. The van der Waals surface area contributed by atoms with Gasteiger partial charge in [-0.2, -0.15) is 0 Å². The molecule has 0 aromatic heterocycles. The topological polar surface area (TPSA) is 49.4 Å². The fourth-order valence-electron chi connectivity index (χ4n) is 3.89. The van der Waals surface area contributed by atoms with Crippen LogP contribution in [0.15, 0.2) is 78.9 Å². The van der Waals surface area contributed by atoms with Crippen molar-refractivity contribution < 1.29 is 14.0 Å². The normalized spacial score (nSPS) is 12.6. The summed E-state index contributed by atoms with van der Waals surface area (Å²) in [7, 11) is 0. The van der Waals surface area contributed by atoms with Crippen LogP contribution < -0.4 is 5.32 Å². The number of amides is 2. The summed E-state index contributed by atoms with van der Waals surface area (Å²) in [6.07, 6.45) is 1.24. The van der Waals surface area contributed by atoms with Crippen LogP contribution in [-0.2, 0) is 28.3 Å². The van der Waals surface area contributed by atoms with E-state index in [0.717, 1.165) is 28.7 Å². The number of nitrogens with one attached hydrogen (secondary N) is 1. The number of carbonyl (C=O) groups is 2. The van der Waals surface area contributed by atoms with Gasteiger partial charge in [-0.15, -0.1) is 11.8 Å². The molecule has 0 heterocycles. The third-order valence-corrected chi connectivity index (χ3v) is 7.27. The Balaban J connectivity index is 1.86. The summed E-state index contributed by atoms with van der Waals surface area (Å²) >= 11 is 1.47. The first-order valence-electron chi connectivity index (χ1n) is 12.4. The molecule has 4 nitrogen and oxygen atoms in total. The van der Waals surface area contributed by atoms with Crippen LogP contribution in [0.3, 0.4) is 0 Å². The van der Waals surface area contributed by atoms with E-state index in [0.29, 0.717) is 18.7 Å². The fraction of sp³-hybridized carbons (Fsp3) is 0.333. The highest BCUT2D eigenvalue weighted by atomic mass is 32.2. The maximum atomic E-state index is 13.7. The number of hydrogen-bond acceptors (Lipinski definition) is 3. The number of rotatable bonds is 12. The van der Waals surface area contributed by atoms with Gasteiger partial charge in [-0.1, -0.05) is 73.7 Å². The monoisotopic (exact) mass is 506 g/mol. The molecular formula is C30H35FN2O2S. The minimum atomic E-state index is -0.639. The lowest BCUT2D eigenvalue weighted by Crippen LogP contribution is -2.52. The number of thioether (sulfide) groups is 1. The molecule has 36 heavy (non-hydrogen) atoms. The molecule has 3 aromatic rings. The first kappa shape index (κ1) is 27.5. The van der Waals surface area contributed by atoms with E-state index in [1.165, 1.54) is 23.9 Å². The fourth-order valence-corrected chi connectivity index (χ4v) is 4.76. The van der Waals surface area contributed by atoms with Crippen molar-refractivity contribution in [1.29, 1.82) is 0 Å². The summed E-state index contributed by atoms with van der Waals surface area (Å²) in [4.78, 5) is 28.9. The van der Waals surface area contributed by atoms with Crippen molar-refractivity contribution in [1.82, 2.24) is 10.2 Å². The highest BCUT2D eigenvalue weighted by Crippen LogP contribution is 2.20. The van der Waals surface area contributed by atoms with Crippen molar-refractivity contribution in [3.05, 3.63) is 107 Å². The zero-order chi connectivity index (χ0) is 25.9. The van der Waals surface area contributed by atoms with E-state index in [4.69, 9.17) is 0 Å². The number of aryl methyl sites for hydroxylation is 1. The molecular weight excluding hydrogens is 471 g/mol. The molecule has 1 N–H and O–H groups in total. The van der Waals surface area contributed by atoms with Crippen LogP contribution in [0.25, 0.3) is 0 Å². The van der Waals surface area contributed by atoms with Crippen LogP contribution in [0.1, 0.15) is 42.5 Å². The number of benzene rings is 3. The van der Waals surface area contributed by atoms with Crippen LogP contribution in [0.4, 0.5) is 4.39 Å². The van der Waals surface area contributed by atoms with Gasteiger partial charge < -0.3 is 10.2 Å². The molecule has 2 atom stereocenters. The second-order valence-electron chi connectivity index (χ2n) is 9.09. The van der Waals surface area contributed by atoms with E-state index in [9.17, 15) is 14.0 Å². The molecule has 0 aliphatic heterocycles. The molecule has 0 aliphatic carbocycles. The number of carbonyl (C=O) groups excluding carboxylic acids is 2. The lowest BCUT2D eigenvalue weighted by atomic mass is 10.0. The minimum absolute atomic E-state index is 0.0130. The quantitative estimate of drug-likeness (QED) is 0.332. The van der Waals surface area contributed by atoms with Gasteiger partial charge in [0, 0.05) is 24.8 Å². The average molecular weight is 507 g/mol. The predicted octanol–water partition coefficient (Wildman–Crippen LogP) is 5.92. The van der Waals surface area contributed by atoms with Gasteiger partial charge in [-0.25, -0.2) is 4.39 Å². The van der Waals surface area contributed by atoms with E-state index in [-0.39, 0.29) is 29.4 Å². The van der Waals surface area contributed by atoms with Gasteiger partial charge in [-0.05, 0) is 54.7 Å². The highest BCUT2D eigenvalue weighted by molar-refractivity contribution is 7.99. The van der Waals surface area contributed by atoms with Crippen LogP contribution in [0.5, 0.6) is 0 Å². The highest BCUT2D eigenvalue weighted by Gasteiger charge is 2.31. The van der Waals surface area contributed by atoms with Gasteiger partial charge in [0.15, 0.2) is 0 Å². The lowest BCUT2D eigenvalue weighted by molar-refractivity contribution is -0.139. The van der Waals surface area contributed by atoms with Crippen LogP contribution in [0, 0.1) is 12.7 Å². The largest absolute Gasteiger partial charge is 0.352 e. The first-order valence-corrected chi connectivity index (χ1v) is 13.5. The summed E-state index contributed by atoms with van der Waals surface area (Å²) in [6, 6.07) is 23.5. The molecule has 0 unspecified atom stereocenters. The van der Waals surface area contributed by atoms with Gasteiger partial charge in [0.2, 0.25) is 11.8 Å². The molecule has 0 fully saturated rings. The SMILES string of the molecule is CC[C@@H](C)NC(=O)[C@H](Cc1ccccc1)N(Cc1ccccc1C)C(=O)CSCc1ccc(F)cc1. The van der Waals surface area contributed by atoms with Crippen molar-refractivity contribution >= 4 is 23.6 Å². The molecule has 0 spiro atoms. The van der Waals surface area contributed by atoms with Crippen LogP contribution in [-0.4, -0.2) is 34.6 Å². The molecule has 0 radical (unpaired) electrons. The van der Waals surface area contributed by atoms with E-state index in [2.05, 4.69) is 5.32 Å². The van der Waals surface area contributed by atoms with Crippen LogP contribution in [0.2, 0.25) is 0 Å². The first-order chi connectivity index (χ1) is 17.4. The Morgan fingerprint density at radius 2 is 1.61 bits per heavy atom. The van der Waals surface area contributed by atoms with E-state index < -0.39 is 6.04 Å². The van der Waals surface area contributed by atoms with Gasteiger partial charge >= 0.3 is 0 Å². The molecule has 3 aromatic carbocycles. The Labute approximate surface area is 218 Å². The van der Waals surface area contributed by atoms with E-state index in [1.807, 2.05) is 75.4 Å². The number of nitrogens with zero attached hydrogens (tertiary/aromatic N) is 1. The molecule has 3 rings (SSSR count). The van der Waals surface area contributed by atoms with Crippen molar-refractivity contribution in [3.8, 4) is 0 Å². The molecule has 0 bridgehead atoms. The van der Waals surface area contributed by atoms with Crippen molar-refractivity contribution in [2.75, 3.05) is 5.75 Å². The second-order valence-corrected chi connectivity index (χ2v) is 10.1. The molecule has 2 amide bonds. The molecule has 0 saturated carbocycles. The smallest absolute Gasteiger partial charge is 0.243 e. The van der Waals surface area contributed by atoms with Gasteiger partial charge in [-0.3, -0.25) is 9.59 Å². The Hall–Kier alpha value is -3.12. The third kappa shape index (κ3) is 8.23. The van der Waals surface area contributed by atoms with E-state index >= 15 is 0 Å². The second kappa shape index (κ2) is 13.8. The maximum Gasteiger partial charge on any atom is 0.243 e. The maximum absolute atomic E-state index is 13.7. The molecule has 0 aliphatic rings. The minimum Gasteiger partial charge on any atom is -0.352 e. The van der Waals surface area contributed by atoms with Gasteiger partial charge in [0.25, 0.3) is 0 Å². The Morgan fingerprint density at radius 3 is 2.28 bits per heavy atom. The molecule has 0 saturated heterocycles. The Morgan fingerprint density at radius 1 is 0.944 bits per heavy atom. The summed E-state index contributed by atoms with van der Waals surface area (Å²) in [5.74, 6) is 0.308. The van der Waals surface area contributed by atoms with Crippen molar-refractivity contribution in [3.63, 3.8) is 0 Å². The number of halogens is 1. The lowest BCUT2D eigenvalue weighted by Gasteiger charge is -2.32. The number of hydrogen-bond donors (Lipinski definition) is 1. The zero-order valence-electron chi connectivity index (χ0n) is 21.2. The Kier molecular flexibility index (Phi) is 10.6. The third-order valence-electron chi connectivity index (χ3n) is 6.28. The predicted molar refractivity (Wildman–Crippen MR) is 146 cm³/mol. The summed E-state index contributed by atoms with van der Waals surface area (Å²) in [6.45, 7) is 6.38. The zero-order valence-corrected chi connectivity index (χ0v) is 22.1. The van der Waals surface area contributed by atoms with Crippen molar-refractivity contribution in [2.45, 2.75) is 58.0 Å². The molecule has 190 valence electrons. The van der Waals surface area contributed by atoms with Crippen molar-refractivity contribution in [2.24, 2.45) is 0 Å². The standard InChI is InChI=1S/C30H35FN2O2S/c1-4-23(3)32-30(35)28(18-24-11-6-5-7-12-24)33(19-26-13-9-8-10-22(26)2)29(34)21-36-20-25-14-16-27(31)17-15-25/h5-17,23,28H,4,18-21H2,1-3H3,(H,32,35)/t23-,28+/m1/s1. The molecule has 6 heteroatoms. The van der Waals surface area contributed by atoms with Gasteiger partial charge in [0.05, 0.1) is 5.75 Å². The summed E-state index contributed by atoms with van der Waals surface area (Å²) in [5.41, 5.74) is 4.05. The van der Waals surface area contributed by atoms with Gasteiger partial charge in [0.1, 0.15) is 11.9 Å².